The third-order valence-corrected chi connectivity index (χ3v) is 3.93. The Balaban J connectivity index is 2.01. The third-order valence-electron chi connectivity index (χ3n) is 2.82. The van der Waals surface area contributed by atoms with Gasteiger partial charge in [-0.15, -0.1) is 11.3 Å². The van der Waals surface area contributed by atoms with Gasteiger partial charge in [-0.2, -0.15) is 0 Å². The van der Waals surface area contributed by atoms with Gasteiger partial charge in [0, 0.05) is 17.2 Å². The molecule has 2 N–H and O–H groups in total. The smallest absolute Gasteiger partial charge is 0.303 e. The van der Waals surface area contributed by atoms with E-state index in [2.05, 4.69) is 5.32 Å². The first-order valence-electron chi connectivity index (χ1n) is 6.07. The zero-order valence-corrected chi connectivity index (χ0v) is 11.4. The third kappa shape index (κ3) is 3.54. The summed E-state index contributed by atoms with van der Waals surface area (Å²) in [6.07, 6.45) is 0.500. The van der Waals surface area contributed by atoms with Crippen molar-refractivity contribution in [1.82, 2.24) is 5.32 Å². The van der Waals surface area contributed by atoms with Crippen LogP contribution in [0.2, 0.25) is 0 Å². The van der Waals surface area contributed by atoms with E-state index in [4.69, 9.17) is 5.11 Å². The zero-order chi connectivity index (χ0) is 13.8. The number of benzene rings is 1. The molecule has 4 nitrogen and oxygen atoms in total. The number of carboxylic acid groups (broad SMARTS) is 1. The lowest BCUT2D eigenvalue weighted by atomic mass is 10.2. The Kier molecular flexibility index (Phi) is 4.16. The second-order valence-electron chi connectivity index (χ2n) is 4.46. The highest BCUT2D eigenvalue weighted by Crippen LogP contribution is 2.25. The summed E-state index contributed by atoms with van der Waals surface area (Å²) in [6.45, 7) is 1.81. The van der Waals surface area contributed by atoms with Crippen LogP contribution in [-0.2, 0) is 4.79 Å². The molecule has 19 heavy (non-hydrogen) atoms. The summed E-state index contributed by atoms with van der Waals surface area (Å²) in [7, 11) is 0. The van der Waals surface area contributed by atoms with E-state index < -0.39 is 5.97 Å². The standard InChI is InChI=1S/C14H15NO3S/c1-9(6-7-13(16)17)15-14(18)12-8-10-4-2-3-5-11(10)19-12/h2-5,8-9H,6-7H2,1H3,(H,15,18)(H,16,17). The molecule has 0 aliphatic heterocycles. The molecule has 1 heterocycles. The number of carbonyl (C=O) groups excluding carboxylic acids is 1. The largest absolute Gasteiger partial charge is 0.481 e. The number of carbonyl (C=O) groups is 2. The Labute approximate surface area is 115 Å². The van der Waals surface area contributed by atoms with Crippen LogP contribution in [0.1, 0.15) is 29.4 Å². The van der Waals surface area contributed by atoms with Gasteiger partial charge in [-0.05, 0) is 30.9 Å². The SMILES string of the molecule is CC(CCC(=O)O)NC(=O)c1cc2ccccc2s1. The Bertz CT molecular complexity index is 573. The topological polar surface area (TPSA) is 66.4 Å². The number of hydrogen-bond acceptors (Lipinski definition) is 3. The van der Waals surface area contributed by atoms with E-state index in [1.807, 2.05) is 37.3 Å². The number of aliphatic carboxylic acids is 1. The Morgan fingerprint density at radius 1 is 1.37 bits per heavy atom. The average molecular weight is 277 g/mol. The molecule has 0 fully saturated rings. The Morgan fingerprint density at radius 2 is 2.11 bits per heavy atom. The monoisotopic (exact) mass is 277 g/mol. The molecule has 100 valence electrons. The van der Waals surface area contributed by atoms with E-state index in [1.165, 1.54) is 11.3 Å². The minimum atomic E-state index is -0.844. The molecule has 0 saturated carbocycles. The molecule has 0 radical (unpaired) electrons. The minimum absolute atomic E-state index is 0.0634. The van der Waals surface area contributed by atoms with Crippen LogP contribution in [0.4, 0.5) is 0 Å². The predicted octanol–water partition coefficient (Wildman–Crippen LogP) is 2.88. The van der Waals surface area contributed by atoms with Crippen LogP contribution in [0, 0.1) is 0 Å². The Hall–Kier alpha value is -1.88. The lowest BCUT2D eigenvalue weighted by molar-refractivity contribution is -0.137. The number of fused-ring (bicyclic) bond motifs is 1. The number of hydrogen-bond donors (Lipinski definition) is 2. The molecule has 1 amide bonds. The van der Waals surface area contributed by atoms with Crippen molar-refractivity contribution in [3.05, 3.63) is 35.2 Å². The van der Waals surface area contributed by atoms with Crippen LogP contribution < -0.4 is 5.32 Å². The molecule has 2 rings (SSSR count). The number of amides is 1. The normalized spacial score (nSPS) is 12.3. The first-order valence-corrected chi connectivity index (χ1v) is 6.89. The van der Waals surface area contributed by atoms with Crippen LogP contribution in [0.25, 0.3) is 10.1 Å². The van der Waals surface area contributed by atoms with Crippen molar-refractivity contribution in [3.63, 3.8) is 0 Å². The van der Waals surface area contributed by atoms with Gasteiger partial charge in [-0.3, -0.25) is 9.59 Å². The van der Waals surface area contributed by atoms with Gasteiger partial charge in [0.1, 0.15) is 0 Å². The lowest BCUT2D eigenvalue weighted by Crippen LogP contribution is -2.32. The summed E-state index contributed by atoms with van der Waals surface area (Å²) in [5.74, 6) is -0.984. The molecule has 0 spiro atoms. The van der Waals surface area contributed by atoms with Crippen molar-refractivity contribution in [2.24, 2.45) is 0 Å². The summed E-state index contributed by atoms with van der Waals surface area (Å²) in [5.41, 5.74) is 0. The van der Waals surface area contributed by atoms with Gasteiger partial charge < -0.3 is 10.4 Å². The summed E-state index contributed by atoms with van der Waals surface area (Å²) in [6, 6.07) is 9.54. The van der Waals surface area contributed by atoms with Crippen molar-refractivity contribution in [2.45, 2.75) is 25.8 Å². The number of carboxylic acids is 1. The van der Waals surface area contributed by atoms with Crippen LogP contribution in [-0.4, -0.2) is 23.0 Å². The van der Waals surface area contributed by atoms with Crippen LogP contribution in [0.15, 0.2) is 30.3 Å². The first kappa shape index (κ1) is 13.5. The highest BCUT2D eigenvalue weighted by atomic mass is 32.1. The highest BCUT2D eigenvalue weighted by molar-refractivity contribution is 7.20. The summed E-state index contributed by atoms with van der Waals surface area (Å²) in [4.78, 5) is 23.1. The van der Waals surface area contributed by atoms with Crippen LogP contribution in [0.5, 0.6) is 0 Å². The van der Waals surface area contributed by atoms with Crippen LogP contribution >= 0.6 is 11.3 Å². The molecule has 0 aliphatic carbocycles. The van der Waals surface area contributed by atoms with Crippen LogP contribution in [0.3, 0.4) is 0 Å². The molecule has 1 unspecified atom stereocenters. The number of rotatable bonds is 5. The molecule has 1 atom stereocenters. The average Bonchev–Trinajstić information content (AvgIpc) is 2.80. The van der Waals surface area contributed by atoms with Crippen molar-refractivity contribution in [3.8, 4) is 0 Å². The van der Waals surface area contributed by atoms with Gasteiger partial charge in [-0.1, -0.05) is 18.2 Å². The van der Waals surface area contributed by atoms with E-state index >= 15 is 0 Å². The molecular formula is C14H15NO3S. The maximum absolute atomic E-state index is 12.0. The van der Waals surface area contributed by atoms with E-state index in [-0.39, 0.29) is 18.4 Å². The van der Waals surface area contributed by atoms with Crippen molar-refractivity contribution in [2.75, 3.05) is 0 Å². The molecule has 2 aromatic rings. The maximum Gasteiger partial charge on any atom is 0.303 e. The fraction of sp³-hybridized carbons (Fsp3) is 0.286. The van der Waals surface area contributed by atoms with Gasteiger partial charge in [0.05, 0.1) is 4.88 Å². The second kappa shape index (κ2) is 5.84. The van der Waals surface area contributed by atoms with E-state index in [1.54, 1.807) is 0 Å². The molecule has 0 aliphatic rings. The number of nitrogens with one attached hydrogen (secondary N) is 1. The molecule has 0 bridgehead atoms. The molecule has 1 aromatic heterocycles. The van der Waals surface area contributed by atoms with E-state index in [0.29, 0.717) is 11.3 Å². The van der Waals surface area contributed by atoms with Gasteiger partial charge in [-0.25, -0.2) is 0 Å². The lowest BCUT2D eigenvalue weighted by Gasteiger charge is -2.11. The predicted molar refractivity (Wildman–Crippen MR) is 75.6 cm³/mol. The summed E-state index contributed by atoms with van der Waals surface area (Å²) >= 11 is 1.44. The highest BCUT2D eigenvalue weighted by Gasteiger charge is 2.13. The zero-order valence-electron chi connectivity index (χ0n) is 10.6. The molecule has 5 heteroatoms. The molecule has 1 aromatic carbocycles. The van der Waals surface area contributed by atoms with Crippen molar-refractivity contribution >= 4 is 33.3 Å². The van der Waals surface area contributed by atoms with Gasteiger partial charge in [0.15, 0.2) is 0 Å². The fourth-order valence-electron chi connectivity index (χ4n) is 1.80. The fourth-order valence-corrected chi connectivity index (χ4v) is 2.77. The van der Waals surface area contributed by atoms with E-state index in [9.17, 15) is 9.59 Å². The summed E-state index contributed by atoms with van der Waals surface area (Å²) < 4.78 is 1.07. The van der Waals surface area contributed by atoms with E-state index in [0.717, 1.165) is 10.1 Å². The molecular weight excluding hydrogens is 262 g/mol. The van der Waals surface area contributed by atoms with Gasteiger partial charge in [0.25, 0.3) is 5.91 Å². The maximum atomic E-state index is 12.0. The second-order valence-corrected chi connectivity index (χ2v) is 5.54. The summed E-state index contributed by atoms with van der Waals surface area (Å²) in [5, 5.41) is 12.5. The Morgan fingerprint density at radius 3 is 2.79 bits per heavy atom. The quantitative estimate of drug-likeness (QED) is 0.883. The minimum Gasteiger partial charge on any atom is -0.481 e. The molecule has 0 saturated heterocycles. The van der Waals surface area contributed by atoms with Crippen molar-refractivity contribution < 1.29 is 14.7 Å². The van der Waals surface area contributed by atoms with Gasteiger partial charge >= 0.3 is 5.97 Å². The number of thiophene rings is 1. The van der Waals surface area contributed by atoms with Crippen molar-refractivity contribution in [1.29, 1.82) is 0 Å². The van der Waals surface area contributed by atoms with Gasteiger partial charge in [0.2, 0.25) is 0 Å². The first-order chi connectivity index (χ1) is 9.06.